The first-order chi connectivity index (χ1) is 18.0. The molecule has 0 aliphatic heterocycles. The van der Waals surface area contributed by atoms with Crippen molar-refractivity contribution in [2.45, 2.75) is 38.0 Å². The van der Waals surface area contributed by atoms with Crippen LogP contribution in [0, 0.1) is 16.7 Å². The number of carbonyl (C=O) groups excluding carboxylic acids is 1. The van der Waals surface area contributed by atoms with E-state index in [4.69, 9.17) is 9.72 Å². The van der Waals surface area contributed by atoms with Gasteiger partial charge in [0.1, 0.15) is 11.2 Å². The van der Waals surface area contributed by atoms with Crippen LogP contribution < -0.4 is 10.1 Å². The minimum absolute atomic E-state index is 0.0944. The molecule has 4 aromatic rings. The molecule has 37 heavy (non-hydrogen) atoms. The molecule has 0 saturated carbocycles. The number of fused-ring (bicyclic) bond motifs is 1. The third-order valence-electron chi connectivity index (χ3n) is 7.83. The van der Waals surface area contributed by atoms with Gasteiger partial charge in [0.05, 0.1) is 23.8 Å². The number of amides is 1. The van der Waals surface area contributed by atoms with Crippen molar-refractivity contribution in [2.75, 3.05) is 11.9 Å². The van der Waals surface area contributed by atoms with Crippen molar-refractivity contribution in [3.05, 3.63) is 112 Å². The number of benzene rings is 3. The smallest absolute Gasteiger partial charge is 0.233 e. The number of ether oxygens (including phenoxy) is 1. The van der Waals surface area contributed by atoms with Gasteiger partial charge in [-0.1, -0.05) is 60.7 Å². The van der Waals surface area contributed by atoms with Gasteiger partial charge in [-0.15, -0.1) is 11.3 Å². The first-order valence-corrected chi connectivity index (χ1v) is 13.4. The Labute approximate surface area is 220 Å². The largest absolute Gasteiger partial charge is 0.494 e. The maximum atomic E-state index is 14.0. The third kappa shape index (κ3) is 3.65. The van der Waals surface area contributed by atoms with E-state index in [1.165, 1.54) is 11.3 Å². The van der Waals surface area contributed by atoms with E-state index in [1.807, 2.05) is 79.9 Å². The zero-order chi connectivity index (χ0) is 25.6. The number of anilines is 1. The number of aromatic nitrogens is 1. The Bertz CT molecular complexity index is 1490. The minimum atomic E-state index is -0.851. The highest BCUT2D eigenvalue weighted by Crippen LogP contribution is 2.63. The summed E-state index contributed by atoms with van der Waals surface area (Å²) >= 11 is 1.43. The Hall–Kier alpha value is -3.95. The van der Waals surface area contributed by atoms with Gasteiger partial charge < -0.3 is 10.1 Å². The molecule has 1 N–H and O–H groups in total. The van der Waals surface area contributed by atoms with Gasteiger partial charge in [-0.05, 0) is 60.2 Å². The van der Waals surface area contributed by atoms with E-state index in [2.05, 4.69) is 23.5 Å². The number of nitrogens with zero attached hydrogens (tertiary/aromatic N) is 2. The Morgan fingerprint density at radius 1 is 1.08 bits per heavy atom. The monoisotopic (exact) mass is 505 g/mol. The molecule has 0 fully saturated rings. The van der Waals surface area contributed by atoms with E-state index in [0.717, 1.165) is 39.3 Å². The summed E-state index contributed by atoms with van der Waals surface area (Å²) in [6, 6.07) is 26.9. The van der Waals surface area contributed by atoms with Gasteiger partial charge >= 0.3 is 0 Å². The van der Waals surface area contributed by atoms with E-state index < -0.39 is 10.8 Å². The second kappa shape index (κ2) is 8.86. The Kier molecular flexibility index (Phi) is 5.62. The molecule has 184 valence electrons. The van der Waals surface area contributed by atoms with Crippen molar-refractivity contribution in [3.8, 4) is 11.8 Å². The fraction of sp³-hybridized carbons (Fsp3) is 0.258. The lowest BCUT2D eigenvalue weighted by atomic mass is 9.47. The maximum Gasteiger partial charge on any atom is 0.233 e. The molecule has 7 rings (SSSR count). The lowest BCUT2D eigenvalue weighted by molar-refractivity contribution is -0.127. The van der Waals surface area contributed by atoms with Gasteiger partial charge in [-0.3, -0.25) is 4.79 Å². The molecule has 0 spiro atoms. The van der Waals surface area contributed by atoms with Gasteiger partial charge in [0.25, 0.3) is 0 Å². The van der Waals surface area contributed by atoms with Crippen molar-refractivity contribution in [2.24, 2.45) is 5.41 Å². The lowest BCUT2D eigenvalue weighted by Crippen LogP contribution is -2.53. The van der Waals surface area contributed by atoms with E-state index >= 15 is 0 Å². The summed E-state index contributed by atoms with van der Waals surface area (Å²) in [5.74, 6) is 0.632. The Morgan fingerprint density at radius 3 is 2.35 bits per heavy atom. The average Bonchev–Trinajstić information content (AvgIpc) is 3.36. The second-order valence-electron chi connectivity index (χ2n) is 10.1. The van der Waals surface area contributed by atoms with Crippen LogP contribution in [0.15, 0.2) is 78.2 Å². The van der Waals surface area contributed by atoms with Crippen LogP contribution in [0.2, 0.25) is 0 Å². The number of carbonyl (C=O) groups is 1. The van der Waals surface area contributed by atoms with Crippen LogP contribution in [0.3, 0.4) is 0 Å². The van der Waals surface area contributed by atoms with E-state index in [0.29, 0.717) is 24.6 Å². The summed E-state index contributed by atoms with van der Waals surface area (Å²) in [4.78, 5) is 18.7. The van der Waals surface area contributed by atoms with E-state index in [9.17, 15) is 10.1 Å². The molecule has 1 amide bonds. The highest BCUT2D eigenvalue weighted by molar-refractivity contribution is 7.13. The molecule has 0 saturated heterocycles. The molecular weight excluding hydrogens is 478 g/mol. The fourth-order valence-electron chi connectivity index (χ4n) is 6.25. The molecule has 6 heteroatoms. The molecule has 1 unspecified atom stereocenters. The van der Waals surface area contributed by atoms with Crippen molar-refractivity contribution >= 4 is 22.4 Å². The molecule has 5 nitrogen and oxygen atoms in total. The van der Waals surface area contributed by atoms with Crippen molar-refractivity contribution in [3.63, 3.8) is 0 Å². The number of thiazole rings is 1. The van der Waals surface area contributed by atoms with Gasteiger partial charge in [0.15, 0.2) is 5.13 Å². The minimum Gasteiger partial charge on any atom is -0.494 e. The molecule has 1 aromatic heterocycles. The molecule has 3 aliphatic rings. The highest BCUT2D eigenvalue weighted by Gasteiger charge is 2.61. The van der Waals surface area contributed by atoms with Gasteiger partial charge in [0.2, 0.25) is 5.91 Å². The lowest BCUT2D eigenvalue weighted by Gasteiger charge is -2.54. The fourth-order valence-corrected chi connectivity index (χ4v) is 6.96. The summed E-state index contributed by atoms with van der Waals surface area (Å²) in [7, 11) is 0. The zero-order valence-electron chi connectivity index (χ0n) is 20.8. The van der Waals surface area contributed by atoms with Gasteiger partial charge in [-0.2, -0.15) is 5.26 Å². The molecule has 1 heterocycles. The predicted octanol–water partition coefficient (Wildman–Crippen LogP) is 6.44. The Balaban J connectivity index is 1.29. The molecular formula is C31H27N3O2S. The molecule has 3 aromatic carbocycles. The molecule has 0 radical (unpaired) electrons. The van der Waals surface area contributed by atoms with Crippen LogP contribution in [0.5, 0.6) is 5.75 Å². The first kappa shape index (κ1) is 23.4. The summed E-state index contributed by atoms with van der Waals surface area (Å²) in [5, 5.41) is 16.2. The van der Waals surface area contributed by atoms with Gasteiger partial charge in [-0.25, -0.2) is 4.98 Å². The van der Waals surface area contributed by atoms with Crippen LogP contribution in [0.1, 0.15) is 59.7 Å². The van der Waals surface area contributed by atoms with Gasteiger partial charge in [0, 0.05) is 17.7 Å². The average molecular weight is 506 g/mol. The van der Waals surface area contributed by atoms with E-state index in [-0.39, 0.29) is 11.8 Å². The number of nitrogens with one attached hydrogen (secondary N) is 1. The highest BCUT2D eigenvalue weighted by atomic mass is 32.1. The summed E-state index contributed by atoms with van der Waals surface area (Å²) < 4.78 is 5.52. The Morgan fingerprint density at radius 2 is 1.73 bits per heavy atom. The standard InChI is InChI=1S/C31H27N3O2S/c1-3-36-22-14-12-20(13-15-22)16-21-17-37-29(33-21)34-28(35)30(2)18-31(19-32)25-10-6-4-8-23(25)27(30)24-9-5-7-11-26(24)31/h4-15,17,27H,3,16,18H2,1-2H3,(H,33,34,35). The number of hydrogen-bond donors (Lipinski definition) is 1. The SMILES string of the molecule is CCOc1ccc(Cc2csc(NC(=O)C3(C)CC4(C#N)c5ccccc5C3c3ccccc34)n2)cc1. The van der Waals surface area contributed by atoms with Crippen LogP contribution in [0.25, 0.3) is 0 Å². The van der Waals surface area contributed by atoms with Crippen LogP contribution in [-0.2, 0) is 16.6 Å². The first-order valence-electron chi connectivity index (χ1n) is 12.6. The normalized spacial score (nSPS) is 23.0. The van der Waals surface area contributed by atoms with Crippen molar-refractivity contribution in [1.82, 2.24) is 4.98 Å². The van der Waals surface area contributed by atoms with Crippen molar-refractivity contribution in [1.29, 1.82) is 5.26 Å². The molecule has 2 bridgehead atoms. The zero-order valence-corrected chi connectivity index (χ0v) is 21.6. The molecule has 1 atom stereocenters. The summed E-state index contributed by atoms with van der Waals surface area (Å²) in [5.41, 5.74) is 4.59. The van der Waals surface area contributed by atoms with Crippen LogP contribution in [0.4, 0.5) is 5.13 Å². The van der Waals surface area contributed by atoms with E-state index in [1.54, 1.807) is 0 Å². The van der Waals surface area contributed by atoms with Crippen LogP contribution >= 0.6 is 11.3 Å². The summed E-state index contributed by atoms with van der Waals surface area (Å²) in [6.45, 7) is 4.61. The third-order valence-corrected chi connectivity index (χ3v) is 8.64. The quantitative estimate of drug-likeness (QED) is 0.327. The number of rotatable bonds is 6. The number of hydrogen-bond acceptors (Lipinski definition) is 5. The number of nitriles is 1. The molecule has 3 aliphatic carbocycles. The second-order valence-corrected chi connectivity index (χ2v) is 10.9. The summed E-state index contributed by atoms with van der Waals surface area (Å²) in [6.07, 6.45) is 1.11. The maximum absolute atomic E-state index is 14.0. The van der Waals surface area contributed by atoms with Crippen molar-refractivity contribution < 1.29 is 9.53 Å². The predicted molar refractivity (Wildman–Crippen MR) is 145 cm³/mol. The van der Waals surface area contributed by atoms with Crippen LogP contribution in [-0.4, -0.2) is 17.5 Å². The topological polar surface area (TPSA) is 75.0 Å².